The average Bonchev–Trinajstić information content (AvgIpc) is 3.43. The molecule has 4 heteroatoms. The number of pyridine rings is 1. The zero-order valence-electron chi connectivity index (χ0n) is 14.3. The summed E-state index contributed by atoms with van der Waals surface area (Å²) in [7, 11) is 0. The molecular weight excluding hydrogens is 288 g/mol. The molecule has 4 nitrogen and oxygen atoms in total. The fourth-order valence-electron chi connectivity index (χ4n) is 2.84. The van der Waals surface area contributed by atoms with Crippen molar-refractivity contribution in [3.05, 3.63) is 23.5 Å². The van der Waals surface area contributed by atoms with Crippen LogP contribution in [-0.2, 0) is 4.74 Å². The van der Waals surface area contributed by atoms with Crippen molar-refractivity contribution in [2.45, 2.75) is 58.4 Å². The summed E-state index contributed by atoms with van der Waals surface area (Å²) in [6, 6.07) is 2.23. The minimum atomic E-state index is 0.112. The summed E-state index contributed by atoms with van der Waals surface area (Å²) in [5.41, 5.74) is 2.19. The molecule has 2 aliphatic carbocycles. The van der Waals surface area contributed by atoms with E-state index in [1.54, 1.807) is 0 Å². The van der Waals surface area contributed by atoms with Gasteiger partial charge in [0, 0.05) is 17.8 Å². The number of aromatic nitrogens is 1. The second kappa shape index (κ2) is 5.50. The predicted octanol–water partition coefficient (Wildman–Crippen LogP) is 3.94. The van der Waals surface area contributed by atoms with Crippen LogP contribution in [0.2, 0.25) is 0 Å². The third-order valence-corrected chi connectivity index (χ3v) is 4.95. The molecule has 1 unspecified atom stereocenters. The Kier molecular flexibility index (Phi) is 3.58. The molecule has 23 heavy (non-hydrogen) atoms. The van der Waals surface area contributed by atoms with Gasteiger partial charge >= 0.3 is 0 Å². The van der Waals surface area contributed by atoms with Crippen molar-refractivity contribution < 1.29 is 9.47 Å². The van der Waals surface area contributed by atoms with E-state index in [0.717, 1.165) is 24.0 Å². The van der Waals surface area contributed by atoms with E-state index in [2.05, 4.69) is 25.8 Å². The maximum Gasteiger partial charge on any atom is 0.235 e. The first kappa shape index (κ1) is 15.0. The number of nitrogens with zero attached hydrogens (tertiary/aromatic N) is 2. The van der Waals surface area contributed by atoms with Gasteiger partial charge in [-0.05, 0) is 42.9 Å². The van der Waals surface area contributed by atoms with Gasteiger partial charge in [0.15, 0.2) is 0 Å². The van der Waals surface area contributed by atoms with Gasteiger partial charge in [-0.15, -0.1) is 0 Å². The van der Waals surface area contributed by atoms with E-state index in [4.69, 9.17) is 14.5 Å². The van der Waals surface area contributed by atoms with Crippen LogP contribution in [0.5, 0.6) is 5.75 Å². The molecule has 4 rings (SSSR count). The van der Waals surface area contributed by atoms with Gasteiger partial charge in [-0.3, -0.25) is 4.98 Å². The Morgan fingerprint density at radius 1 is 1.22 bits per heavy atom. The summed E-state index contributed by atoms with van der Waals surface area (Å²) in [4.78, 5) is 9.35. The highest BCUT2D eigenvalue weighted by Gasteiger charge is 2.33. The summed E-state index contributed by atoms with van der Waals surface area (Å²) >= 11 is 0. The van der Waals surface area contributed by atoms with Crippen molar-refractivity contribution in [2.75, 3.05) is 13.2 Å². The quantitative estimate of drug-likeness (QED) is 0.827. The molecule has 1 aromatic rings. The highest BCUT2D eigenvalue weighted by molar-refractivity contribution is 5.93. The van der Waals surface area contributed by atoms with Crippen LogP contribution >= 0.6 is 0 Å². The predicted molar refractivity (Wildman–Crippen MR) is 90.2 cm³/mol. The van der Waals surface area contributed by atoms with Gasteiger partial charge in [0.05, 0.1) is 12.6 Å². The number of rotatable bonds is 5. The van der Waals surface area contributed by atoms with Crippen molar-refractivity contribution in [1.82, 2.24) is 4.98 Å². The molecule has 3 aliphatic rings. The molecule has 2 heterocycles. The van der Waals surface area contributed by atoms with E-state index in [1.165, 1.54) is 31.2 Å². The Morgan fingerprint density at radius 2 is 2.00 bits per heavy atom. The lowest BCUT2D eigenvalue weighted by molar-refractivity contribution is 0.235. The van der Waals surface area contributed by atoms with E-state index in [9.17, 15) is 0 Å². The topological polar surface area (TPSA) is 43.7 Å². The third-order valence-electron chi connectivity index (χ3n) is 4.95. The average molecular weight is 314 g/mol. The van der Waals surface area contributed by atoms with E-state index < -0.39 is 0 Å². The summed E-state index contributed by atoms with van der Waals surface area (Å²) < 4.78 is 11.9. The zero-order chi connectivity index (χ0) is 16.0. The molecule has 2 saturated carbocycles. The van der Waals surface area contributed by atoms with Crippen molar-refractivity contribution in [2.24, 2.45) is 16.3 Å². The molecule has 1 atom stereocenters. The molecule has 0 N–H and O–H groups in total. The molecule has 0 saturated heterocycles. The maximum atomic E-state index is 6.11. The number of hydrogen-bond acceptors (Lipinski definition) is 4. The molecule has 0 spiro atoms. The minimum absolute atomic E-state index is 0.112. The van der Waals surface area contributed by atoms with Crippen molar-refractivity contribution in [3.63, 3.8) is 0 Å². The standard InChI is InChI=1S/C19H26N2O2/c1-19(2,3)17-11-23-18(21-17)15-8-16(22-10-12-4-5-12)14(9-20-15)13-6-7-13/h8-9,12-13,17H,4-7,10-11H2,1-3H3. The molecule has 124 valence electrons. The first-order valence-electron chi connectivity index (χ1n) is 8.84. The lowest BCUT2D eigenvalue weighted by atomic mass is 9.88. The zero-order valence-corrected chi connectivity index (χ0v) is 14.3. The first-order chi connectivity index (χ1) is 11.0. The van der Waals surface area contributed by atoms with E-state index in [0.29, 0.717) is 18.4 Å². The van der Waals surface area contributed by atoms with Gasteiger partial charge in [0.25, 0.3) is 0 Å². The van der Waals surface area contributed by atoms with Crippen LogP contribution in [-0.4, -0.2) is 30.1 Å². The second-order valence-corrected chi connectivity index (χ2v) is 8.26. The SMILES string of the molecule is CC(C)(C)C1COC(c2cc(OCC3CC3)c(C3CC3)cn2)=N1. The van der Waals surface area contributed by atoms with Gasteiger partial charge in [-0.1, -0.05) is 20.8 Å². The lowest BCUT2D eigenvalue weighted by Gasteiger charge is -2.21. The molecule has 0 aromatic carbocycles. The summed E-state index contributed by atoms with van der Waals surface area (Å²) in [5, 5.41) is 0. The largest absolute Gasteiger partial charge is 0.493 e. The smallest absolute Gasteiger partial charge is 0.235 e. The van der Waals surface area contributed by atoms with Crippen LogP contribution in [0.3, 0.4) is 0 Å². The maximum absolute atomic E-state index is 6.11. The second-order valence-electron chi connectivity index (χ2n) is 8.26. The molecule has 0 radical (unpaired) electrons. The van der Waals surface area contributed by atoms with E-state index >= 15 is 0 Å². The van der Waals surface area contributed by atoms with Gasteiger partial charge in [0.2, 0.25) is 5.90 Å². The molecule has 2 fully saturated rings. The van der Waals surface area contributed by atoms with Gasteiger partial charge < -0.3 is 9.47 Å². The van der Waals surface area contributed by atoms with Crippen LogP contribution in [0.15, 0.2) is 17.3 Å². The van der Waals surface area contributed by atoms with Gasteiger partial charge in [-0.2, -0.15) is 0 Å². The third kappa shape index (κ3) is 3.36. The van der Waals surface area contributed by atoms with Crippen LogP contribution in [0.4, 0.5) is 0 Å². The number of hydrogen-bond donors (Lipinski definition) is 0. The first-order valence-corrected chi connectivity index (χ1v) is 8.84. The molecule has 1 aromatic heterocycles. The Morgan fingerprint density at radius 3 is 2.61 bits per heavy atom. The van der Waals surface area contributed by atoms with Crippen LogP contribution in [0.1, 0.15) is 63.6 Å². The van der Waals surface area contributed by atoms with Crippen LogP contribution in [0.25, 0.3) is 0 Å². The van der Waals surface area contributed by atoms with E-state index in [-0.39, 0.29) is 11.5 Å². The monoisotopic (exact) mass is 314 g/mol. The van der Waals surface area contributed by atoms with Crippen LogP contribution in [0, 0.1) is 11.3 Å². The highest BCUT2D eigenvalue weighted by Crippen LogP contribution is 2.44. The Hall–Kier alpha value is -1.58. The van der Waals surface area contributed by atoms with Crippen LogP contribution < -0.4 is 4.74 Å². The van der Waals surface area contributed by atoms with Crippen molar-refractivity contribution in [1.29, 1.82) is 0 Å². The Labute approximate surface area is 138 Å². The molecule has 0 bridgehead atoms. The Balaban J connectivity index is 1.57. The summed E-state index contributed by atoms with van der Waals surface area (Å²) in [5.74, 6) is 3.06. The normalized spacial score (nSPS) is 24.3. The lowest BCUT2D eigenvalue weighted by Crippen LogP contribution is -2.25. The number of ether oxygens (including phenoxy) is 2. The fourth-order valence-corrected chi connectivity index (χ4v) is 2.84. The van der Waals surface area contributed by atoms with Gasteiger partial charge in [0.1, 0.15) is 18.1 Å². The fraction of sp³-hybridized carbons (Fsp3) is 0.684. The summed E-state index contributed by atoms with van der Waals surface area (Å²) in [6.45, 7) is 8.06. The Bertz CT molecular complexity index is 625. The molecule has 0 amide bonds. The molecule has 1 aliphatic heterocycles. The van der Waals surface area contributed by atoms with Gasteiger partial charge in [-0.25, -0.2) is 4.99 Å². The molecular formula is C19H26N2O2. The van der Waals surface area contributed by atoms with Crippen molar-refractivity contribution >= 4 is 5.90 Å². The van der Waals surface area contributed by atoms with Crippen molar-refractivity contribution in [3.8, 4) is 5.75 Å². The number of aliphatic imine (C=N–C) groups is 1. The highest BCUT2D eigenvalue weighted by atomic mass is 16.5. The minimum Gasteiger partial charge on any atom is -0.493 e. The van der Waals surface area contributed by atoms with E-state index in [1.807, 2.05) is 12.3 Å². The summed E-state index contributed by atoms with van der Waals surface area (Å²) in [6.07, 6.45) is 7.10.